The predicted octanol–water partition coefficient (Wildman–Crippen LogP) is 2.98. The van der Waals surface area contributed by atoms with Gasteiger partial charge < -0.3 is 15.2 Å². The van der Waals surface area contributed by atoms with E-state index in [9.17, 15) is 14.7 Å². The van der Waals surface area contributed by atoms with E-state index in [-0.39, 0.29) is 12.3 Å². The Morgan fingerprint density at radius 2 is 1.91 bits per heavy atom. The molecule has 2 rings (SSSR count). The van der Waals surface area contributed by atoms with Crippen LogP contribution in [-0.2, 0) is 9.59 Å². The second-order valence-corrected chi connectivity index (χ2v) is 6.34. The molecule has 1 aliphatic carbocycles. The highest BCUT2D eigenvalue weighted by Gasteiger charge is 2.42. The van der Waals surface area contributed by atoms with E-state index < -0.39 is 11.5 Å². The van der Waals surface area contributed by atoms with Gasteiger partial charge in [0.1, 0.15) is 11.3 Å². The van der Waals surface area contributed by atoms with Crippen molar-refractivity contribution >= 4 is 11.9 Å². The zero-order chi connectivity index (χ0) is 16.9. The first-order valence-corrected chi connectivity index (χ1v) is 8.17. The summed E-state index contributed by atoms with van der Waals surface area (Å²) in [5.74, 6) is -0.334. The van der Waals surface area contributed by atoms with Crippen molar-refractivity contribution in [3.05, 3.63) is 29.3 Å². The number of benzene rings is 1. The zero-order valence-electron chi connectivity index (χ0n) is 13.9. The minimum Gasteiger partial charge on any atom is -0.494 e. The number of rotatable bonds is 7. The molecule has 0 spiro atoms. The average molecular weight is 319 g/mol. The lowest BCUT2D eigenvalue weighted by molar-refractivity contribution is -0.147. The van der Waals surface area contributed by atoms with Crippen molar-refractivity contribution in [3.8, 4) is 5.75 Å². The van der Waals surface area contributed by atoms with Crippen LogP contribution in [0.5, 0.6) is 5.75 Å². The van der Waals surface area contributed by atoms with Gasteiger partial charge in [-0.3, -0.25) is 4.79 Å². The molecule has 126 valence electrons. The summed E-state index contributed by atoms with van der Waals surface area (Å²) in [7, 11) is 0. The van der Waals surface area contributed by atoms with Gasteiger partial charge in [-0.25, -0.2) is 4.79 Å². The molecule has 2 N–H and O–H groups in total. The average Bonchev–Trinajstić information content (AvgIpc) is 2.97. The number of hydrogen-bond donors (Lipinski definition) is 2. The maximum atomic E-state index is 12.0. The largest absolute Gasteiger partial charge is 0.494 e. The molecule has 5 nitrogen and oxygen atoms in total. The summed E-state index contributed by atoms with van der Waals surface area (Å²) < 4.78 is 5.64. The van der Waals surface area contributed by atoms with Crippen molar-refractivity contribution in [2.24, 2.45) is 0 Å². The van der Waals surface area contributed by atoms with Crippen LogP contribution in [0.4, 0.5) is 0 Å². The molecule has 23 heavy (non-hydrogen) atoms. The van der Waals surface area contributed by atoms with Crippen LogP contribution in [0.3, 0.4) is 0 Å². The highest BCUT2D eigenvalue weighted by atomic mass is 16.5. The van der Waals surface area contributed by atoms with E-state index in [1.165, 1.54) is 11.1 Å². The normalized spacial score (nSPS) is 16.1. The van der Waals surface area contributed by atoms with Crippen LogP contribution in [0.15, 0.2) is 18.2 Å². The van der Waals surface area contributed by atoms with Crippen LogP contribution >= 0.6 is 0 Å². The third kappa shape index (κ3) is 4.47. The number of aliphatic carboxylic acids is 1. The van der Waals surface area contributed by atoms with Crippen LogP contribution in [0.1, 0.15) is 49.7 Å². The quantitative estimate of drug-likeness (QED) is 0.758. The smallest absolute Gasteiger partial charge is 0.329 e. The van der Waals surface area contributed by atoms with Crippen molar-refractivity contribution in [2.45, 2.75) is 57.9 Å². The Morgan fingerprint density at radius 1 is 1.22 bits per heavy atom. The van der Waals surface area contributed by atoms with Crippen molar-refractivity contribution in [3.63, 3.8) is 0 Å². The number of amides is 1. The lowest BCUT2D eigenvalue weighted by atomic mass is 9.97. The third-order valence-corrected chi connectivity index (χ3v) is 4.54. The minimum atomic E-state index is -1.05. The third-order valence-electron chi connectivity index (χ3n) is 4.54. The topological polar surface area (TPSA) is 75.6 Å². The molecule has 1 aliphatic rings. The lowest BCUT2D eigenvalue weighted by Crippen LogP contribution is -2.52. The monoisotopic (exact) mass is 319 g/mol. The van der Waals surface area contributed by atoms with Gasteiger partial charge in [0.25, 0.3) is 0 Å². The van der Waals surface area contributed by atoms with Gasteiger partial charge in [0.05, 0.1) is 6.61 Å². The fourth-order valence-corrected chi connectivity index (χ4v) is 2.93. The summed E-state index contributed by atoms with van der Waals surface area (Å²) in [6, 6.07) is 5.90. The molecule has 0 aliphatic heterocycles. The van der Waals surface area contributed by atoms with Crippen LogP contribution in [0.25, 0.3) is 0 Å². The number of carbonyl (C=O) groups excluding carboxylic acids is 1. The van der Waals surface area contributed by atoms with Crippen molar-refractivity contribution in [2.75, 3.05) is 6.61 Å². The van der Waals surface area contributed by atoms with Crippen LogP contribution in [-0.4, -0.2) is 29.1 Å². The van der Waals surface area contributed by atoms with E-state index in [0.29, 0.717) is 25.9 Å². The summed E-state index contributed by atoms with van der Waals surface area (Å²) >= 11 is 0. The van der Waals surface area contributed by atoms with E-state index in [0.717, 1.165) is 18.6 Å². The first-order valence-electron chi connectivity index (χ1n) is 8.17. The van der Waals surface area contributed by atoms with Crippen LogP contribution in [0.2, 0.25) is 0 Å². The van der Waals surface area contributed by atoms with Crippen LogP contribution in [0, 0.1) is 13.8 Å². The van der Waals surface area contributed by atoms with E-state index >= 15 is 0 Å². The molecule has 0 heterocycles. The Hall–Kier alpha value is -2.04. The zero-order valence-corrected chi connectivity index (χ0v) is 13.9. The molecule has 0 atom stereocenters. The molecule has 1 fully saturated rings. The van der Waals surface area contributed by atoms with Crippen molar-refractivity contribution in [1.29, 1.82) is 0 Å². The summed E-state index contributed by atoms with van der Waals surface area (Å²) in [5.41, 5.74) is 1.34. The molecular weight excluding hydrogens is 294 g/mol. The SMILES string of the molecule is Cc1ccc(OCCCC(=O)NC2(C(=O)O)CCCC2)cc1C. The van der Waals surface area contributed by atoms with Gasteiger partial charge in [0.15, 0.2) is 0 Å². The Morgan fingerprint density at radius 3 is 2.52 bits per heavy atom. The van der Waals surface area contributed by atoms with E-state index in [2.05, 4.69) is 5.32 Å². The molecule has 0 bridgehead atoms. The maximum Gasteiger partial charge on any atom is 0.329 e. The van der Waals surface area contributed by atoms with Gasteiger partial charge in [-0.15, -0.1) is 0 Å². The van der Waals surface area contributed by atoms with Gasteiger partial charge in [0.2, 0.25) is 5.91 Å². The molecule has 1 aromatic carbocycles. The number of carboxylic acid groups (broad SMARTS) is 1. The number of carboxylic acids is 1. The summed E-state index contributed by atoms with van der Waals surface area (Å²) in [6.07, 6.45) is 3.58. The van der Waals surface area contributed by atoms with E-state index in [4.69, 9.17) is 4.74 Å². The number of nitrogens with one attached hydrogen (secondary N) is 1. The molecule has 1 saturated carbocycles. The van der Waals surface area contributed by atoms with Gasteiger partial charge in [-0.2, -0.15) is 0 Å². The highest BCUT2D eigenvalue weighted by molar-refractivity contribution is 5.87. The van der Waals surface area contributed by atoms with Crippen LogP contribution < -0.4 is 10.1 Å². The number of hydrogen-bond acceptors (Lipinski definition) is 3. The van der Waals surface area contributed by atoms with Gasteiger partial charge in [-0.05, 0) is 56.4 Å². The van der Waals surface area contributed by atoms with E-state index in [1.54, 1.807) is 0 Å². The second kappa shape index (κ2) is 7.49. The fourth-order valence-electron chi connectivity index (χ4n) is 2.93. The molecule has 0 aromatic heterocycles. The molecule has 0 saturated heterocycles. The Labute approximate surface area is 137 Å². The number of ether oxygens (including phenoxy) is 1. The minimum absolute atomic E-state index is 0.210. The van der Waals surface area contributed by atoms with Crippen molar-refractivity contribution in [1.82, 2.24) is 5.32 Å². The molecule has 1 aromatic rings. The predicted molar refractivity (Wildman–Crippen MR) is 87.6 cm³/mol. The second-order valence-electron chi connectivity index (χ2n) is 6.34. The Bertz CT molecular complexity index is 576. The summed E-state index contributed by atoms with van der Waals surface area (Å²) in [4.78, 5) is 23.4. The Kier molecular flexibility index (Phi) is 5.64. The number of carbonyl (C=O) groups is 2. The first kappa shape index (κ1) is 17.3. The molecule has 5 heteroatoms. The highest BCUT2D eigenvalue weighted by Crippen LogP contribution is 2.30. The van der Waals surface area contributed by atoms with Crippen molar-refractivity contribution < 1.29 is 19.4 Å². The first-order chi connectivity index (χ1) is 10.9. The van der Waals surface area contributed by atoms with Gasteiger partial charge in [-0.1, -0.05) is 18.9 Å². The standard InChI is InChI=1S/C18H25NO4/c1-13-7-8-15(12-14(13)2)23-11-5-6-16(20)19-18(17(21)22)9-3-4-10-18/h7-8,12H,3-6,9-11H2,1-2H3,(H,19,20)(H,21,22). The molecule has 1 amide bonds. The van der Waals surface area contributed by atoms with Gasteiger partial charge >= 0.3 is 5.97 Å². The van der Waals surface area contributed by atoms with E-state index in [1.807, 2.05) is 32.0 Å². The molecule has 0 unspecified atom stereocenters. The molecular formula is C18H25NO4. The Balaban J connectivity index is 1.74. The molecule has 0 radical (unpaired) electrons. The summed E-state index contributed by atoms with van der Waals surface area (Å²) in [6.45, 7) is 4.52. The summed E-state index contributed by atoms with van der Waals surface area (Å²) in [5, 5.41) is 12.1. The van der Waals surface area contributed by atoms with Gasteiger partial charge in [0, 0.05) is 6.42 Å². The number of aryl methyl sites for hydroxylation is 2. The fraction of sp³-hybridized carbons (Fsp3) is 0.556. The lowest BCUT2D eigenvalue weighted by Gasteiger charge is -2.25. The maximum absolute atomic E-state index is 12.0.